The second-order valence-corrected chi connectivity index (χ2v) is 6.20. The number of benzene rings is 1. The second-order valence-electron chi connectivity index (χ2n) is 5.76. The first kappa shape index (κ1) is 15.4. The topological polar surface area (TPSA) is 50.9 Å². The molecule has 21 heavy (non-hydrogen) atoms. The molecule has 0 fully saturated rings. The van der Waals surface area contributed by atoms with Crippen LogP contribution >= 0.6 is 12.2 Å². The molecule has 1 aromatic heterocycles. The molecule has 3 N–H and O–H groups in total. The van der Waals surface area contributed by atoms with Crippen molar-refractivity contribution in [1.82, 2.24) is 4.98 Å². The Morgan fingerprint density at radius 3 is 2.57 bits per heavy atom. The fraction of sp³-hybridized carbons (Fsp3) is 0.294. The lowest BCUT2D eigenvalue weighted by Gasteiger charge is -2.28. The molecule has 0 unspecified atom stereocenters. The third-order valence-corrected chi connectivity index (χ3v) is 3.59. The van der Waals surface area contributed by atoms with E-state index >= 15 is 0 Å². The number of aromatic nitrogens is 1. The fourth-order valence-electron chi connectivity index (χ4n) is 2.23. The van der Waals surface area contributed by atoms with E-state index in [0.717, 1.165) is 18.5 Å². The first-order chi connectivity index (χ1) is 9.98. The van der Waals surface area contributed by atoms with Crippen molar-refractivity contribution >= 4 is 22.9 Å². The summed E-state index contributed by atoms with van der Waals surface area (Å²) in [7, 11) is 0. The van der Waals surface area contributed by atoms with E-state index in [9.17, 15) is 0 Å². The van der Waals surface area contributed by atoms with Gasteiger partial charge in [-0.1, -0.05) is 42.5 Å². The van der Waals surface area contributed by atoms with Gasteiger partial charge in [-0.2, -0.15) is 0 Å². The van der Waals surface area contributed by atoms with Crippen molar-refractivity contribution in [3.05, 3.63) is 59.9 Å². The molecule has 0 saturated heterocycles. The van der Waals surface area contributed by atoms with Crippen LogP contribution in [0.3, 0.4) is 0 Å². The van der Waals surface area contributed by atoms with Gasteiger partial charge in [0.25, 0.3) is 0 Å². The zero-order valence-electron chi connectivity index (χ0n) is 12.5. The van der Waals surface area contributed by atoms with Crippen LogP contribution < -0.4 is 11.1 Å². The van der Waals surface area contributed by atoms with Crippen molar-refractivity contribution in [2.24, 2.45) is 5.73 Å². The summed E-state index contributed by atoms with van der Waals surface area (Å²) in [5, 5.41) is 3.51. The predicted molar refractivity (Wildman–Crippen MR) is 92.6 cm³/mol. The molecule has 0 radical (unpaired) electrons. The van der Waals surface area contributed by atoms with Crippen LogP contribution in [0.25, 0.3) is 0 Å². The maximum Gasteiger partial charge on any atom is 0.124 e. The van der Waals surface area contributed by atoms with E-state index in [1.807, 2.05) is 18.2 Å². The van der Waals surface area contributed by atoms with E-state index in [1.165, 1.54) is 5.56 Å². The molecule has 2 aromatic rings. The molecule has 0 spiro atoms. The summed E-state index contributed by atoms with van der Waals surface area (Å²) in [6, 6.07) is 14.3. The minimum atomic E-state index is -0.0710. The molecule has 0 aliphatic heterocycles. The number of anilines is 1. The van der Waals surface area contributed by atoms with Crippen molar-refractivity contribution in [3.63, 3.8) is 0 Å². The summed E-state index contributed by atoms with van der Waals surface area (Å²) in [6.07, 6.45) is 3.73. The molecule has 1 aromatic carbocycles. The lowest BCUT2D eigenvalue weighted by Crippen LogP contribution is -2.32. The molecule has 1 heterocycles. The van der Waals surface area contributed by atoms with Gasteiger partial charge in [0.05, 0.1) is 5.69 Å². The minimum absolute atomic E-state index is 0.0710. The van der Waals surface area contributed by atoms with Crippen LogP contribution in [0.5, 0.6) is 0 Å². The first-order valence-electron chi connectivity index (χ1n) is 7.05. The van der Waals surface area contributed by atoms with E-state index < -0.39 is 0 Å². The van der Waals surface area contributed by atoms with E-state index in [1.54, 1.807) is 6.20 Å². The number of thiocarbonyl (C=S) groups is 1. The Hall–Kier alpha value is -1.94. The smallest absolute Gasteiger partial charge is 0.124 e. The third kappa shape index (κ3) is 4.53. The highest BCUT2D eigenvalue weighted by Gasteiger charge is 2.19. The monoisotopic (exact) mass is 299 g/mol. The Balaban J connectivity index is 2.05. The average Bonchev–Trinajstić information content (AvgIpc) is 2.46. The van der Waals surface area contributed by atoms with Gasteiger partial charge in [-0.05, 0) is 44.4 Å². The Bertz CT molecular complexity index is 608. The van der Waals surface area contributed by atoms with Gasteiger partial charge < -0.3 is 11.1 Å². The van der Waals surface area contributed by atoms with Crippen LogP contribution in [0, 0.1) is 0 Å². The molecule has 110 valence electrons. The number of nitrogens with one attached hydrogen (secondary N) is 1. The number of nitrogens with zero attached hydrogens (tertiary/aromatic N) is 1. The molecule has 4 heteroatoms. The molecular weight excluding hydrogens is 278 g/mol. The minimum Gasteiger partial charge on any atom is -0.388 e. The summed E-state index contributed by atoms with van der Waals surface area (Å²) >= 11 is 5.06. The molecule has 0 bridgehead atoms. The zero-order chi connectivity index (χ0) is 15.3. The van der Waals surface area contributed by atoms with Gasteiger partial charge in [0, 0.05) is 11.7 Å². The lowest BCUT2D eigenvalue weighted by atomic mass is 9.94. The van der Waals surface area contributed by atoms with Gasteiger partial charge in [-0.15, -0.1) is 0 Å². The quantitative estimate of drug-likeness (QED) is 0.801. The summed E-state index contributed by atoms with van der Waals surface area (Å²) in [5.41, 5.74) is 8.54. The van der Waals surface area contributed by atoms with Gasteiger partial charge >= 0.3 is 0 Å². The van der Waals surface area contributed by atoms with Gasteiger partial charge in [-0.25, -0.2) is 0 Å². The Kier molecular flexibility index (Phi) is 4.91. The molecule has 2 rings (SSSR count). The van der Waals surface area contributed by atoms with Crippen molar-refractivity contribution in [1.29, 1.82) is 0 Å². The Morgan fingerprint density at radius 1 is 1.19 bits per heavy atom. The molecule has 0 aliphatic rings. The average molecular weight is 299 g/mol. The Morgan fingerprint density at radius 2 is 1.90 bits per heavy atom. The van der Waals surface area contributed by atoms with E-state index in [2.05, 4.69) is 48.4 Å². The number of nitrogens with two attached hydrogens (primary N) is 1. The maximum absolute atomic E-state index is 5.73. The molecule has 3 nitrogen and oxygen atoms in total. The standard InChI is InChI=1S/C17H21N3S/c1-17(2,11-10-13-7-4-3-5-8-13)20-14-9-6-12-19-15(14)16(18)21/h3-9,12,20H,10-11H2,1-2H3,(H2,18,21). The molecule has 0 amide bonds. The van der Waals surface area contributed by atoms with Crippen molar-refractivity contribution in [2.45, 2.75) is 32.2 Å². The maximum atomic E-state index is 5.73. The van der Waals surface area contributed by atoms with E-state index in [0.29, 0.717) is 10.7 Å². The molecule has 0 atom stereocenters. The molecule has 0 saturated carbocycles. The van der Waals surface area contributed by atoms with Crippen LogP contribution in [-0.2, 0) is 6.42 Å². The largest absolute Gasteiger partial charge is 0.388 e. The van der Waals surface area contributed by atoms with Gasteiger partial charge in [0.1, 0.15) is 10.7 Å². The summed E-state index contributed by atoms with van der Waals surface area (Å²) in [5.74, 6) is 0. The number of pyridine rings is 1. The molecule has 0 aliphatic carbocycles. The van der Waals surface area contributed by atoms with Crippen molar-refractivity contribution < 1.29 is 0 Å². The number of hydrogen-bond acceptors (Lipinski definition) is 3. The van der Waals surface area contributed by atoms with Crippen LogP contribution in [-0.4, -0.2) is 15.5 Å². The second kappa shape index (κ2) is 6.68. The highest BCUT2D eigenvalue weighted by atomic mass is 32.1. The summed E-state index contributed by atoms with van der Waals surface area (Å²) in [6.45, 7) is 4.35. The van der Waals surface area contributed by atoms with Crippen LogP contribution in [0.2, 0.25) is 0 Å². The van der Waals surface area contributed by atoms with Crippen molar-refractivity contribution in [2.75, 3.05) is 5.32 Å². The predicted octanol–water partition coefficient (Wildman–Crippen LogP) is 3.54. The summed E-state index contributed by atoms with van der Waals surface area (Å²) in [4.78, 5) is 4.57. The first-order valence-corrected chi connectivity index (χ1v) is 7.46. The number of aryl methyl sites for hydroxylation is 1. The number of rotatable bonds is 6. The van der Waals surface area contributed by atoms with Gasteiger partial charge in [0.15, 0.2) is 0 Å². The van der Waals surface area contributed by atoms with E-state index in [4.69, 9.17) is 18.0 Å². The lowest BCUT2D eigenvalue weighted by molar-refractivity contribution is 0.518. The van der Waals surface area contributed by atoms with Crippen LogP contribution in [0.4, 0.5) is 5.69 Å². The normalized spacial score (nSPS) is 11.1. The van der Waals surface area contributed by atoms with Gasteiger partial charge in [0.2, 0.25) is 0 Å². The highest BCUT2D eigenvalue weighted by Crippen LogP contribution is 2.22. The van der Waals surface area contributed by atoms with E-state index in [-0.39, 0.29) is 5.54 Å². The van der Waals surface area contributed by atoms with Gasteiger partial charge in [-0.3, -0.25) is 4.98 Å². The fourth-order valence-corrected chi connectivity index (χ4v) is 2.39. The van der Waals surface area contributed by atoms with Crippen molar-refractivity contribution in [3.8, 4) is 0 Å². The molecular formula is C17H21N3S. The van der Waals surface area contributed by atoms with Crippen LogP contribution in [0.1, 0.15) is 31.5 Å². The van der Waals surface area contributed by atoms with Crippen LogP contribution in [0.15, 0.2) is 48.7 Å². The number of hydrogen-bond donors (Lipinski definition) is 2. The highest BCUT2D eigenvalue weighted by molar-refractivity contribution is 7.80. The Labute approximate surface area is 131 Å². The zero-order valence-corrected chi connectivity index (χ0v) is 13.3. The SMILES string of the molecule is CC(C)(CCc1ccccc1)Nc1cccnc1C(N)=S. The summed E-state index contributed by atoms with van der Waals surface area (Å²) < 4.78 is 0. The third-order valence-electron chi connectivity index (χ3n) is 3.40.